The number of hydrogen-bond donors (Lipinski definition) is 1. The molecule has 0 fully saturated rings. The molecule has 0 aromatic carbocycles. The Hall–Kier alpha value is -0.120. The smallest absolute Gasteiger partial charge is 0.0194 e. The maximum Gasteiger partial charge on any atom is 0.0194 e. The molecule has 2 atom stereocenters. The van der Waals surface area contributed by atoms with Crippen LogP contribution < -0.4 is 5.32 Å². The van der Waals surface area contributed by atoms with E-state index in [2.05, 4.69) is 56.9 Å². The van der Waals surface area contributed by atoms with Gasteiger partial charge in [0.2, 0.25) is 0 Å². The molecule has 0 spiro atoms. The van der Waals surface area contributed by atoms with Crippen molar-refractivity contribution in [3.05, 3.63) is 0 Å². The highest BCUT2D eigenvalue weighted by molar-refractivity contribution is 4.72. The van der Waals surface area contributed by atoms with Gasteiger partial charge in [-0.3, -0.25) is 0 Å². The van der Waals surface area contributed by atoms with Crippen molar-refractivity contribution in [2.24, 2.45) is 0 Å². The largest absolute Gasteiger partial charge is 0.310 e. The van der Waals surface area contributed by atoms with Crippen molar-refractivity contribution in [2.45, 2.75) is 59.0 Å². The molecule has 0 amide bonds. The Morgan fingerprint density at radius 1 is 1.06 bits per heavy atom. The highest BCUT2D eigenvalue weighted by atomic mass is 15.1. The highest BCUT2D eigenvalue weighted by Gasteiger charge is 2.11. The Morgan fingerprint density at radius 3 is 2.11 bits per heavy atom. The van der Waals surface area contributed by atoms with E-state index in [1.807, 2.05) is 0 Å². The molecule has 1 N–H and O–H groups in total. The average molecular weight is 257 g/mol. The molecular weight excluding hydrogens is 222 g/mol. The Balaban J connectivity index is 3.77. The molecule has 0 rings (SSSR count). The van der Waals surface area contributed by atoms with E-state index in [4.69, 9.17) is 0 Å². The van der Waals surface area contributed by atoms with Crippen molar-refractivity contribution >= 4 is 0 Å². The first-order valence-corrected chi connectivity index (χ1v) is 7.66. The van der Waals surface area contributed by atoms with Gasteiger partial charge in [0.25, 0.3) is 0 Å². The minimum atomic E-state index is 0.628. The topological polar surface area (TPSA) is 18.5 Å². The van der Waals surface area contributed by atoms with Gasteiger partial charge in [0, 0.05) is 18.6 Å². The van der Waals surface area contributed by atoms with Gasteiger partial charge in [-0.15, -0.1) is 0 Å². The summed E-state index contributed by atoms with van der Waals surface area (Å²) in [6, 6.07) is 1.26. The third-order valence-corrected chi connectivity index (χ3v) is 3.60. The highest BCUT2D eigenvalue weighted by Crippen LogP contribution is 2.03. The number of likely N-dealkylation sites (N-methyl/N-ethyl adjacent to an activating group) is 1. The van der Waals surface area contributed by atoms with Crippen LogP contribution in [0.1, 0.15) is 47.0 Å². The minimum Gasteiger partial charge on any atom is -0.310 e. The Bertz CT molecular complexity index is 179. The van der Waals surface area contributed by atoms with Gasteiger partial charge in [-0.05, 0) is 59.9 Å². The van der Waals surface area contributed by atoms with Gasteiger partial charge in [-0.25, -0.2) is 0 Å². The summed E-state index contributed by atoms with van der Waals surface area (Å²) in [6.45, 7) is 13.8. The van der Waals surface area contributed by atoms with Crippen LogP contribution in [-0.4, -0.2) is 62.2 Å². The Morgan fingerprint density at radius 2 is 1.67 bits per heavy atom. The van der Waals surface area contributed by atoms with E-state index in [0.29, 0.717) is 12.1 Å². The zero-order valence-electron chi connectivity index (χ0n) is 13.5. The van der Waals surface area contributed by atoms with E-state index in [9.17, 15) is 0 Å². The molecule has 0 saturated carbocycles. The van der Waals surface area contributed by atoms with Crippen LogP contribution in [0.3, 0.4) is 0 Å². The summed E-state index contributed by atoms with van der Waals surface area (Å²) in [5.41, 5.74) is 0. The SMILES string of the molecule is CCC(CN(C)C)NC(C)CCCN(CC)CC. The number of hydrogen-bond acceptors (Lipinski definition) is 3. The van der Waals surface area contributed by atoms with Gasteiger partial charge >= 0.3 is 0 Å². The van der Waals surface area contributed by atoms with Crippen LogP contribution in [0.5, 0.6) is 0 Å². The maximum atomic E-state index is 3.75. The quantitative estimate of drug-likeness (QED) is 0.613. The van der Waals surface area contributed by atoms with E-state index < -0.39 is 0 Å². The first-order valence-electron chi connectivity index (χ1n) is 7.66. The predicted octanol–water partition coefficient (Wildman–Crippen LogP) is 2.43. The molecule has 18 heavy (non-hydrogen) atoms. The third kappa shape index (κ3) is 8.90. The zero-order valence-corrected chi connectivity index (χ0v) is 13.5. The molecule has 2 unspecified atom stereocenters. The van der Waals surface area contributed by atoms with Crippen LogP contribution in [0.4, 0.5) is 0 Å². The fraction of sp³-hybridized carbons (Fsp3) is 1.00. The van der Waals surface area contributed by atoms with Crippen LogP contribution in [0.15, 0.2) is 0 Å². The summed E-state index contributed by atoms with van der Waals surface area (Å²) >= 11 is 0. The Labute approximate surface area is 115 Å². The molecule has 0 aliphatic rings. The molecule has 3 nitrogen and oxygen atoms in total. The average Bonchev–Trinajstić information content (AvgIpc) is 2.33. The summed E-state index contributed by atoms with van der Waals surface area (Å²) in [5.74, 6) is 0. The number of nitrogens with one attached hydrogen (secondary N) is 1. The van der Waals surface area contributed by atoms with Crippen LogP contribution in [0.25, 0.3) is 0 Å². The van der Waals surface area contributed by atoms with E-state index in [1.54, 1.807) is 0 Å². The normalized spacial score (nSPS) is 15.3. The lowest BCUT2D eigenvalue weighted by Crippen LogP contribution is -2.42. The monoisotopic (exact) mass is 257 g/mol. The van der Waals surface area contributed by atoms with E-state index in [-0.39, 0.29) is 0 Å². The van der Waals surface area contributed by atoms with Gasteiger partial charge in [0.05, 0.1) is 0 Å². The molecule has 110 valence electrons. The second-order valence-corrected chi connectivity index (χ2v) is 5.60. The van der Waals surface area contributed by atoms with Gasteiger partial charge < -0.3 is 15.1 Å². The van der Waals surface area contributed by atoms with E-state index >= 15 is 0 Å². The molecule has 0 aliphatic carbocycles. The number of nitrogens with zero attached hydrogens (tertiary/aromatic N) is 2. The van der Waals surface area contributed by atoms with Gasteiger partial charge in [-0.1, -0.05) is 20.8 Å². The molecule has 0 saturated heterocycles. The van der Waals surface area contributed by atoms with Crippen LogP contribution in [0.2, 0.25) is 0 Å². The van der Waals surface area contributed by atoms with Crippen LogP contribution >= 0.6 is 0 Å². The van der Waals surface area contributed by atoms with Crippen LogP contribution in [-0.2, 0) is 0 Å². The molecule has 0 aromatic heterocycles. The first-order chi connectivity index (χ1) is 8.53. The molecule has 3 heteroatoms. The van der Waals surface area contributed by atoms with Crippen LogP contribution in [0, 0.1) is 0 Å². The summed E-state index contributed by atoms with van der Waals surface area (Å²) in [6.07, 6.45) is 3.78. The molecule has 0 heterocycles. The summed E-state index contributed by atoms with van der Waals surface area (Å²) in [4.78, 5) is 4.77. The van der Waals surface area contributed by atoms with Crippen molar-refractivity contribution in [1.29, 1.82) is 0 Å². The standard InChI is InChI=1S/C15H35N3/c1-7-15(13-17(5)6)16-14(4)11-10-12-18(8-2)9-3/h14-16H,7-13H2,1-6H3. The lowest BCUT2D eigenvalue weighted by Gasteiger charge is -2.26. The first kappa shape index (κ1) is 17.9. The van der Waals surface area contributed by atoms with Crippen molar-refractivity contribution in [3.8, 4) is 0 Å². The minimum absolute atomic E-state index is 0.628. The molecule has 0 radical (unpaired) electrons. The summed E-state index contributed by atoms with van der Waals surface area (Å²) in [5, 5.41) is 3.75. The summed E-state index contributed by atoms with van der Waals surface area (Å²) in [7, 11) is 4.30. The molecule has 0 aliphatic heterocycles. The molecular formula is C15H35N3. The lowest BCUT2D eigenvalue weighted by molar-refractivity contribution is 0.277. The Kier molecular flexibility index (Phi) is 10.7. The van der Waals surface area contributed by atoms with Crippen molar-refractivity contribution in [2.75, 3.05) is 40.3 Å². The van der Waals surface area contributed by atoms with E-state index in [1.165, 1.54) is 38.9 Å². The third-order valence-electron chi connectivity index (χ3n) is 3.60. The molecule has 0 bridgehead atoms. The number of rotatable bonds is 11. The fourth-order valence-electron chi connectivity index (χ4n) is 2.39. The predicted molar refractivity (Wildman–Crippen MR) is 82.3 cm³/mol. The zero-order chi connectivity index (χ0) is 14.0. The second kappa shape index (κ2) is 10.8. The van der Waals surface area contributed by atoms with E-state index in [0.717, 1.165) is 6.54 Å². The fourth-order valence-corrected chi connectivity index (χ4v) is 2.39. The van der Waals surface area contributed by atoms with Gasteiger partial charge in [0.1, 0.15) is 0 Å². The summed E-state index contributed by atoms with van der Waals surface area (Å²) < 4.78 is 0. The van der Waals surface area contributed by atoms with Crippen molar-refractivity contribution in [1.82, 2.24) is 15.1 Å². The van der Waals surface area contributed by atoms with Crippen molar-refractivity contribution < 1.29 is 0 Å². The molecule has 0 aromatic rings. The van der Waals surface area contributed by atoms with Gasteiger partial charge in [-0.2, -0.15) is 0 Å². The maximum absolute atomic E-state index is 3.75. The second-order valence-electron chi connectivity index (χ2n) is 5.60. The van der Waals surface area contributed by atoms with Gasteiger partial charge in [0.15, 0.2) is 0 Å². The van der Waals surface area contributed by atoms with Crippen molar-refractivity contribution in [3.63, 3.8) is 0 Å². The lowest BCUT2D eigenvalue weighted by atomic mass is 10.1.